The summed E-state index contributed by atoms with van der Waals surface area (Å²) in [4.78, 5) is 0. The largest absolute Gasteiger partial charge is 0.396 e. The molecule has 0 aromatic carbocycles. The van der Waals surface area contributed by atoms with Gasteiger partial charge in [-0.15, -0.1) is 0 Å². The first-order valence-corrected chi connectivity index (χ1v) is 10.7. The predicted molar refractivity (Wildman–Crippen MR) is 97.5 cm³/mol. The van der Waals surface area contributed by atoms with Gasteiger partial charge in [0.2, 0.25) is 0 Å². The van der Waals surface area contributed by atoms with Gasteiger partial charge in [0, 0.05) is 6.61 Å². The van der Waals surface area contributed by atoms with Gasteiger partial charge in [-0.25, -0.2) is 0 Å². The average molecular weight is 335 g/mol. The molecule has 0 spiro atoms. The van der Waals surface area contributed by atoms with E-state index in [0.717, 1.165) is 23.7 Å². The summed E-state index contributed by atoms with van der Waals surface area (Å²) in [7, 11) is 0. The van der Waals surface area contributed by atoms with Gasteiger partial charge in [-0.3, -0.25) is 0 Å². The zero-order valence-corrected chi connectivity index (χ0v) is 16.0. The molecule has 0 radical (unpaired) electrons. The minimum Gasteiger partial charge on any atom is -0.396 e. The molecule has 0 bridgehead atoms. The summed E-state index contributed by atoms with van der Waals surface area (Å²) in [6, 6.07) is 0. The number of aliphatic hydroxyl groups is 2. The van der Waals surface area contributed by atoms with Crippen LogP contribution in [-0.2, 0) is 0 Å². The summed E-state index contributed by atoms with van der Waals surface area (Å²) in [5, 5.41) is 19.9. The number of hydrogen-bond acceptors (Lipinski definition) is 2. The van der Waals surface area contributed by atoms with E-state index in [2.05, 4.69) is 13.8 Å². The maximum absolute atomic E-state index is 10.3. The fourth-order valence-electron chi connectivity index (χ4n) is 8.35. The Bertz CT molecular complexity index is 475. The van der Waals surface area contributed by atoms with Crippen molar-refractivity contribution in [2.75, 3.05) is 6.61 Å². The summed E-state index contributed by atoms with van der Waals surface area (Å²) in [5.74, 6) is 4.60. The van der Waals surface area contributed by atoms with E-state index in [9.17, 15) is 10.2 Å². The molecular weight excluding hydrogens is 296 g/mol. The fourth-order valence-corrected chi connectivity index (χ4v) is 8.35. The van der Waals surface area contributed by atoms with Gasteiger partial charge in [0.15, 0.2) is 0 Å². The van der Waals surface area contributed by atoms with Crippen LogP contribution >= 0.6 is 0 Å². The molecule has 4 aliphatic carbocycles. The zero-order valence-electron chi connectivity index (χ0n) is 16.0. The van der Waals surface area contributed by atoms with E-state index in [-0.39, 0.29) is 6.10 Å². The monoisotopic (exact) mass is 334 g/mol. The molecule has 138 valence electrons. The Morgan fingerprint density at radius 3 is 2.33 bits per heavy atom. The van der Waals surface area contributed by atoms with E-state index in [1.165, 1.54) is 57.8 Å². The molecular formula is C22H38O2. The van der Waals surface area contributed by atoms with E-state index in [0.29, 0.717) is 29.3 Å². The van der Waals surface area contributed by atoms with E-state index < -0.39 is 0 Å². The quantitative estimate of drug-likeness (QED) is 0.772. The Morgan fingerprint density at radius 2 is 1.62 bits per heavy atom. The maximum Gasteiger partial charge on any atom is 0.0545 e. The molecule has 0 heterocycles. The van der Waals surface area contributed by atoms with Crippen molar-refractivity contribution in [2.24, 2.45) is 46.3 Å². The SMILES string of the molecule is C[C@H](O)[C@H]1CCC2C3CCC4CC(CO)CC[C@]4(C)C3CC[C@@]21C. The van der Waals surface area contributed by atoms with Crippen molar-refractivity contribution < 1.29 is 10.2 Å². The lowest BCUT2D eigenvalue weighted by molar-refractivity contribution is -0.126. The highest BCUT2D eigenvalue weighted by Crippen LogP contribution is 2.68. The Kier molecular flexibility index (Phi) is 4.32. The lowest BCUT2D eigenvalue weighted by Gasteiger charge is -2.61. The van der Waals surface area contributed by atoms with Crippen LogP contribution in [0.4, 0.5) is 0 Å². The summed E-state index contributed by atoms with van der Waals surface area (Å²) < 4.78 is 0. The molecule has 4 aliphatic rings. The maximum atomic E-state index is 10.3. The van der Waals surface area contributed by atoms with Gasteiger partial charge in [-0.05, 0) is 111 Å². The van der Waals surface area contributed by atoms with Crippen molar-refractivity contribution in [2.45, 2.75) is 84.7 Å². The van der Waals surface area contributed by atoms with E-state index in [1.54, 1.807) is 0 Å². The zero-order chi connectivity index (χ0) is 17.1. The molecule has 5 unspecified atom stereocenters. The van der Waals surface area contributed by atoms with Gasteiger partial charge >= 0.3 is 0 Å². The van der Waals surface area contributed by atoms with Crippen molar-refractivity contribution in [1.82, 2.24) is 0 Å². The lowest BCUT2D eigenvalue weighted by atomic mass is 9.44. The van der Waals surface area contributed by atoms with E-state index in [4.69, 9.17) is 0 Å². The van der Waals surface area contributed by atoms with Crippen LogP contribution in [0, 0.1) is 46.3 Å². The average Bonchev–Trinajstić information content (AvgIpc) is 2.91. The van der Waals surface area contributed by atoms with E-state index in [1.807, 2.05) is 6.92 Å². The molecule has 24 heavy (non-hydrogen) atoms. The van der Waals surface area contributed by atoms with Gasteiger partial charge in [-0.2, -0.15) is 0 Å². The van der Waals surface area contributed by atoms with Crippen molar-refractivity contribution in [3.63, 3.8) is 0 Å². The molecule has 4 rings (SSSR count). The van der Waals surface area contributed by atoms with Crippen LogP contribution in [0.25, 0.3) is 0 Å². The standard InChI is InChI=1S/C22H38O2/c1-14(24)18-6-7-19-17-5-4-16-12-15(13-23)8-10-21(16,2)20(17)9-11-22(18,19)3/h14-20,23-24H,4-13H2,1-3H3/t14-,15?,16?,17?,18+,19?,20?,21-,22+/m0/s1. The first-order chi connectivity index (χ1) is 11.4. The molecule has 0 aliphatic heterocycles. The second kappa shape index (κ2) is 5.98. The third-order valence-corrected chi connectivity index (χ3v) is 9.69. The van der Waals surface area contributed by atoms with Crippen LogP contribution < -0.4 is 0 Å². The van der Waals surface area contributed by atoms with Crippen LogP contribution in [0.5, 0.6) is 0 Å². The van der Waals surface area contributed by atoms with Crippen LogP contribution in [0.2, 0.25) is 0 Å². The number of fused-ring (bicyclic) bond motifs is 5. The van der Waals surface area contributed by atoms with Crippen LogP contribution in [0.1, 0.15) is 78.6 Å². The second-order valence-electron chi connectivity index (χ2n) is 10.4. The van der Waals surface area contributed by atoms with Gasteiger partial charge in [-0.1, -0.05) is 13.8 Å². The topological polar surface area (TPSA) is 40.5 Å². The number of aliphatic hydroxyl groups excluding tert-OH is 2. The minimum atomic E-state index is -0.136. The third kappa shape index (κ3) is 2.35. The fraction of sp³-hybridized carbons (Fsp3) is 1.00. The molecule has 2 N–H and O–H groups in total. The molecule has 0 aromatic heterocycles. The van der Waals surface area contributed by atoms with Crippen LogP contribution in [0.3, 0.4) is 0 Å². The first kappa shape index (κ1) is 17.3. The van der Waals surface area contributed by atoms with Crippen molar-refractivity contribution in [1.29, 1.82) is 0 Å². The Hall–Kier alpha value is -0.0800. The molecule has 0 amide bonds. The first-order valence-electron chi connectivity index (χ1n) is 10.7. The number of rotatable bonds is 2. The predicted octanol–water partition coefficient (Wildman–Crippen LogP) is 4.63. The Labute approximate surface area is 148 Å². The van der Waals surface area contributed by atoms with Crippen molar-refractivity contribution in [3.05, 3.63) is 0 Å². The highest BCUT2D eigenvalue weighted by Gasteiger charge is 2.60. The van der Waals surface area contributed by atoms with Gasteiger partial charge in [0.1, 0.15) is 0 Å². The second-order valence-corrected chi connectivity index (χ2v) is 10.4. The molecule has 9 atom stereocenters. The van der Waals surface area contributed by atoms with Gasteiger partial charge in [0.25, 0.3) is 0 Å². The highest BCUT2D eigenvalue weighted by molar-refractivity contribution is 5.09. The van der Waals surface area contributed by atoms with Gasteiger partial charge < -0.3 is 10.2 Å². The Morgan fingerprint density at radius 1 is 0.917 bits per heavy atom. The van der Waals surface area contributed by atoms with Crippen LogP contribution in [-0.4, -0.2) is 22.9 Å². The minimum absolute atomic E-state index is 0.136. The molecule has 0 aromatic rings. The summed E-state index contributed by atoms with van der Waals surface area (Å²) in [5.41, 5.74) is 0.916. The summed E-state index contributed by atoms with van der Waals surface area (Å²) in [6.07, 6.45) is 11.8. The van der Waals surface area contributed by atoms with Crippen molar-refractivity contribution in [3.8, 4) is 0 Å². The molecule has 2 heteroatoms. The third-order valence-electron chi connectivity index (χ3n) is 9.69. The van der Waals surface area contributed by atoms with Crippen molar-refractivity contribution >= 4 is 0 Å². The highest BCUT2D eigenvalue weighted by atomic mass is 16.3. The Balaban J connectivity index is 1.58. The number of hydrogen-bond donors (Lipinski definition) is 2. The van der Waals surface area contributed by atoms with Gasteiger partial charge in [0.05, 0.1) is 6.10 Å². The molecule has 0 saturated heterocycles. The summed E-state index contributed by atoms with van der Waals surface area (Å²) in [6.45, 7) is 7.54. The lowest BCUT2D eigenvalue weighted by Crippen LogP contribution is -2.54. The van der Waals surface area contributed by atoms with E-state index >= 15 is 0 Å². The molecule has 4 saturated carbocycles. The van der Waals surface area contributed by atoms with Crippen LogP contribution in [0.15, 0.2) is 0 Å². The summed E-state index contributed by atoms with van der Waals surface area (Å²) >= 11 is 0. The smallest absolute Gasteiger partial charge is 0.0545 e. The molecule has 4 fully saturated rings. The normalized spacial score (nSPS) is 55.4. The molecule has 2 nitrogen and oxygen atoms in total.